The first kappa shape index (κ1) is 25.8. The molecule has 0 bridgehead atoms. The number of aryl methyl sites for hydroxylation is 1. The van der Waals surface area contributed by atoms with Gasteiger partial charge in [-0.1, -0.05) is 42.2 Å². The molecule has 6 rings (SSSR count). The number of rotatable bonds is 4. The van der Waals surface area contributed by atoms with Crippen LogP contribution in [0.25, 0.3) is 11.7 Å². The molecule has 4 heterocycles. The van der Waals surface area contributed by atoms with Crippen LogP contribution in [0.5, 0.6) is 0 Å². The molecule has 12 heteroatoms. The van der Waals surface area contributed by atoms with Gasteiger partial charge in [-0.05, 0) is 42.8 Å². The molecule has 1 aliphatic heterocycles. The van der Waals surface area contributed by atoms with Crippen LogP contribution in [0, 0.1) is 16.6 Å². The largest absolute Gasteiger partial charge is 0.381 e. The Morgan fingerprint density at radius 1 is 1.12 bits per heavy atom. The van der Waals surface area contributed by atoms with Crippen molar-refractivity contribution in [2.24, 2.45) is 7.05 Å². The van der Waals surface area contributed by atoms with Crippen molar-refractivity contribution in [2.75, 3.05) is 10.0 Å². The number of carbonyl (C=O) groups is 1. The molecule has 3 aromatic heterocycles. The topological polar surface area (TPSA) is 147 Å². The number of anilines is 2. The van der Waals surface area contributed by atoms with Gasteiger partial charge < -0.3 is 11.1 Å². The third kappa shape index (κ3) is 4.58. The number of nitrogens with zero attached hydrogens (tertiary/aromatic N) is 6. The number of nitrogens with two attached hydrogens (primary N) is 1. The number of fused-ring (bicyclic) bond motifs is 2. The second kappa shape index (κ2) is 9.96. The van der Waals surface area contributed by atoms with E-state index in [4.69, 9.17) is 5.73 Å². The lowest BCUT2D eigenvalue weighted by Gasteiger charge is -2.36. The number of carbonyl (C=O) groups excluding carboxylic acids is 1. The number of benzene rings is 2. The lowest BCUT2D eigenvalue weighted by Crippen LogP contribution is -2.44. The summed E-state index contributed by atoms with van der Waals surface area (Å²) in [5.74, 6) is 5.70. The molecule has 0 spiro atoms. The highest BCUT2D eigenvalue weighted by Gasteiger charge is 2.36. The zero-order valence-corrected chi connectivity index (χ0v) is 23.0. The summed E-state index contributed by atoms with van der Waals surface area (Å²) >= 11 is 0. The van der Waals surface area contributed by atoms with Gasteiger partial charge in [0.2, 0.25) is 0 Å². The number of nitrogen functional groups attached to an aromatic ring is 1. The smallest absolute Gasteiger partial charge is 0.259 e. The summed E-state index contributed by atoms with van der Waals surface area (Å²) in [5.41, 5.74) is 9.30. The maximum atomic E-state index is 14.6. The molecule has 0 fully saturated rings. The highest BCUT2D eigenvalue weighted by molar-refractivity contribution is 7.94. The minimum Gasteiger partial charge on any atom is -0.381 e. The van der Waals surface area contributed by atoms with E-state index in [0.717, 1.165) is 0 Å². The van der Waals surface area contributed by atoms with Crippen LogP contribution < -0.4 is 15.4 Å². The maximum absolute atomic E-state index is 14.6. The molecule has 0 saturated heterocycles. The molecule has 5 aromatic rings. The SMILES string of the molecule is CC(NC(=O)c1c(N)nn2cccnc12)C1=Cc2cccc(C#Cc3cnn(C)c3)c2S(=N)(=O)N1c1ccccc1. The fraction of sp³-hybridized carbons (Fsp3) is 0.103. The zero-order chi connectivity index (χ0) is 28.7. The average molecular weight is 564 g/mol. The monoisotopic (exact) mass is 563 g/mol. The molecule has 1 amide bonds. The summed E-state index contributed by atoms with van der Waals surface area (Å²) in [4.78, 5) is 18.0. The molecule has 0 saturated carbocycles. The van der Waals surface area contributed by atoms with Crippen molar-refractivity contribution in [3.05, 3.63) is 107 Å². The zero-order valence-electron chi connectivity index (χ0n) is 22.1. The summed E-state index contributed by atoms with van der Waals surface area (Å²) in [6, 6.07) is 15.4. The van der Waals surface area contributed by atoms with E-state index in [1.807, 2.05) is 18.2 Å². The van der Waals surface area contributed by atoms with Crippen molar-refractivity contribution >= 4 is 39.1 Å². The van der Waals surface area contributed by atoms with Gasteiger partial charge in [0.15, 0.2) is 21.4 Å². The van der Waals surface area contributed by atoms with Crippen molar-refractivity contribution in [3.8, 4) is 11.8 Å². The highest BCUT2D eigenvalue weighted by Crippen LogP contribution is 2.38. The van der Waals surface area contributed by atoms with E-state index in [2.05, 4.69) is 32.3 Å². The van der Waals surface area contributed by atoms with Gasteiger partial charge in [-0.25, -0.2) is 18.5 Å². The first-order valence-corrected chi connectivity index (χ1v) is 14.1. The van der Waals surface area contributed by atoms with Crippen LogP contribution in [-0.2, 0) is 17.0 Å². The first-order valence-electron chi connectivity index (χ1n) is 12.6. The minimum absolute atomic E-state index is 0.0393. The summed E-state index contributed by atoms with van der Waals surface area (Å²) < 4.78 is 28.4. The van der Waals surface area contributed by atoms with Gasteiger partial charge in [0, 0.05) is 31.2 Å². The lowest BCUT2D eigenvalue weighted by atomic mass is 10.1. The molecule has 1 aliphatic rings. The molecule has 2 atom stereocenters. The van der Waals surface area contributed by atoms with Crippen LogP contribution in [0.4, 0.5) is 11.5 Å². The normalized spacial score (nSPS) is 16.8. The van der Waals surface area contributed by atoms with E-state index >= 15 is 0 Å². The summed E-state index contributed by atoms with van der Waals surface area (Å²) in [6.45, 7) is 1.77. The van der Waals surface area contributed by atoms with Crippen molar-refractivity contribution in [3.63, 3.8) is 0 Å². The molecule has 11 nitrogen and oxygen atoms in total. The molecule has 4 N–H and O–H groups in total. The number of hydrogen-bond donors (Lipinski definition) is 3. The van der Waals surface area contributed by atoms with E-state index in [0.29, 0.717) is 38.6 Å². The van der Waals surface area contributed by atoms with Gasteiger partial charge in [-0.3, -0.25) is 13.8 Å². The molecular weight excluding hydrogens is 538 g/mol. The number of amides is 1. The van der Waals surface area contributed by atoms with Crippen LogP contribution in [-0.4, -0.2) is 40.5 Å². The first-order chi connectivity index (χ1) is 19.7. The Morgan fingerprint density at radius 2 is 1.93 bits per heavy atom. The minimum atomic E-state index is -3.66. The number of nitrogens with one attached hydrogen (secondary N) is 2. The van der Waals surface area contributed by atoms with Crippen LogP contribution in [0.15, 0.2) is 90.0 Å². The number of aromatic nitrogens is 5. The van der Waals surface area contributed by atoms with Crippen LogP contribution in [0.3, 0.4) is 0 Å². The van der Waals surface area contributed by atoms with E-state index in [9.17, 15) is 13.8 Å². The van der Waals surface area contributed by atoms with Gasteiger partial charge in [-0.15, -0.1) is 5.10 Å². The van der Waals surface area contributed by atoms with Gasteiger partial charge in [0.25, 0.3) is 5.91 Å². The van der Waals surface area contributed by atoms with Crippen molar-refractivity contribution in [1.29, 1.82) is 4.78 Å². The molecule has 0 aliphatic carbocycles. The second-order valence-electron chi connectivity index (χ2n) is 9.44. The lowest BCUT2D eigenvalue weighted by molar-refractivity contribution is 0.0947. The molecule has 41 heavy (non-hydrogen) atoms. The third-order valence-electron chi connectivity index (χ3n) is 6.59. The summed E-state index contributed by atoms with van der Waals surface area (Å²) in [7, 11) is -1.85. The van der Waals surface area contributed by atoms with Gasteiger partial charge in [-0.2, -0.15) is 5.10 Å². The second-order valence-corrected chi connectivity index (χ2v) is 11.3. The molecule has 204 valence electrons. The van der Waals surface area contributed by atoms with Crippen molar-refractivity contribution in [2.45, 2.75) is 17.9 Å². The van der Waals surface area contributed by atoms with Crippen LogP contribution >= 0.6 is 0 Å². The predicted octanol–water partition coefficient (Wildman–Crippen LogP) is 3.45. The molecular formula is C29H25N9O2S. The fourth-order valence-electron chi connectivity index (χ4n) is 4.78. The van der Waals surface area contributed by atoms with Crippen LogP contribution in [0.2, 0.25) is 0 Å². The van der Waals surface area contributed by atoms with Crippen LogP contribution in [0.1, 0.15) is 34.0 Å². The summed E-state index contributed by atoms with van der Waals surface area (Å²) in [6.07, 6.45) is 8.47. The average Bonchev–Trinajstić information content (AvgIpc) is 3.53. The number of hydrogen-bond acceptors (Lipinski definition) is 7. The van der Waals surface area contributed by atoms with Crippen molar-refractivity contribution in [1.82, 2.24) is 29.7 Å². The van der Waals surface area contributed by atoms with E-state index in [-0.39, 0.29) is 11.4 Å². The number of para-hydroxylation sites is 1. The molecule has 0 radical (unpaired) electrons. The Balaban J connectivity index is 1.45. The highest BCUT2D eigenvalue weighted by atomic mass is 32.2. The Hall–Kier alpha value is -5.41. The molecule has 2 unspecified atom stereocenters. The van der Waals surface area contributed by atoms with Crippen molar-refractivity contribution < 1.29 is 9.00 Å². The fourth-order valence-corrected chi connectivity index (χ4v) is 6.76. The standard InChI is InChI=1S/C29H25N9O2S/c1-19(34-29(39)25-27(30)35-37-15-7-14-32-28(25)37)24-16-22-9-6-8-21(13-12-20-17-33-36(2)18-20)26(22)41(31,40)38(24)23-10-4-3-5-11-23/h3-11,14-19,31H,1-2H3,(H2,30,35)(H,34,39). The Labute approximate surface area is 236 Å². The Kier molecular flexibility index (Phi) is 6.28. The van der Waals surface area contributed by atoms with Gasteiger partial charge >= 0.3 is 0 Å². The Morgan fingerprint density at radius 3 is 2.68 bits per heavy atom. The van der Waals surface area contributed by atoms with Gasteiger partial charge in [0.1, 0.15) is 5.56 Å². The van der Waals surface area contributed by atoms with Gasteiger partial charge in [0.05, 0.1) is 34.1 Å². The Bertz CT molecular complexity index is 2020. The summed E-state index contributed by atoms with van der Waals surface area (Å²) in [5, 5.41) is 11.3. The van der Waals surface area contributed by atoms with E-state index < -0.39 is 21.9 Å². The maximum Gasteiger partial charge on any atom is 0.259 e. The predicted molar refractivity (Wildman–Crippen MR) is 156 cm³/mol. The molecule has 2 aromatic carbocycles. The third-order valence-corrected chi connectivity index (χ3v) is 8.54. The van der Waals surface area contributed by atoms with E-state index in [1.54, 1.807) is 85.9 Å². The quantitative estimate of drug-likeness (QED) is 0.286. The van der Waals surface area contributed by atoms with E-state index in [1.165, 1.54) is 8.82 Å².